The lowest BCUT2D eigenvalue weighted by Gasteiger charge is -2.08. The van der Waals surface area contributed by atoms with E-state index in [1.54, 1.807) is 36.4 Å². The molecule has 0 saturated carbocycles. The quantitative estimate of drug-likeness (QED) is 0.835. The Bertz CT molecular complexity index is 601. The van der Waals surface area contributed by atoms with Crippen LogP contribution < -0.4 is 11.5 Å². The van der Waals surface area contributed by atoms with Crippen LogP contribution in [0.5, 0.6) is 0 Å². The summed E-state index contributed by atoms with van der Waals surface area (Å²) in [6.07, 6.45) is 0. The molecule has 4 N–H and O–H groups in total. The van der Waals surface area contributed by atoms with Gasteiger partial charge in [-0.05, 0) is 30.3 Å². The monoisotopic (exact) mass is 262 g/mol. The second-order valence-corrected chi connectivity index (χ2v) is 4.74. The van der Waals surface area contributed by atoms with E-state index in [2.05, 4.69) is 0 Å². The number of hydrogen-bond acceptors (Lipinski definition) is 3. The van der Waals surface area contributed by atoms with Crippen molar-refractivity contribution in [3.05, 3.63) is 53.8 Å². The molecule has 0 atom stereocenters. The van der Waals surface area contributed by atoms with Gasteiger partial charge in [0, 0.05) is 15.5 Å². The number of halogens is 1. The van der Waals surface area contributed by atoms with E-state index >= 15 is 0 Å². The molecule has 92 valence electrons. The lowest BCUT2D eigenvalue weighted by molar-refractivity contribution is 0.0997. The van der Waals surface area contributed by atoms with E-state index in [9.17, 15) is 9.18 Å². The number of nitrogen functional groups attached to an aromatic ring is 1. The zero-order chi connectivity index (χ0) is 13.1. The normalized spacial score (nSPS) is 10.3. The summed E-state index contributed by atoms with van der Waals surface area (Å²) in [4.78, 5) is 12.3. The van der Waals surface area contributed by atoms with Crippen molar-refractivity contribution in [2.75, 3.05) is 5.73 Å². The van der Waals surface area contributed by atoms with Crippen LogP contribution in [0.15, 0.2) is 52.3 Å². The number of primary amides is 1. The van der Waals surface area contributed by atoms with Crippen LogP contribution in [0, 0.1) is 5.82 Å². The Morgan fingerprint density at radius 3 is 2.50 bits per heavy atom. The van der Waals surface area contributed by atoms with Crippen LogP contribution in [-0.2, 0) is 0 Å². The first kappa shape index (κ1) is 12.4. The minimum atomic E-state index is -0.561. The maximum absolute atomic E-state index is 13.5. The van der Waals surface area contributed by atoms with Gasteiger partial charge in [-0.2, -0.15) is 0 Å². The van der Waals surface area contributed by atoms with Crippen LogP contribution in [0.25, 0.3) is 0 Å². The Morgan fingerprint density at radius 1 is 1.11 bits per heavy atom. The number of carbonyl (C=O) groups is 1. The molecule has 0 aliphatic carbocycles. The predicted molar refractivity (Wildman–Crippen MR) is 69.9 cm³/mol. The highest BCUT2D eigenvalue weighted by molar-refractivity contribution is 7.99. The number of hydrogen-bond donors (Lipinski definition) is 2. The molecule has 0 fully saturated rings. The van der Waals surface area contributed by atoms with E-state index in [1.807, 2.05) is 0 Å². The topological polar surface area (TPSA) is 69.1 Å². The van der Waals surface area contributed by atoms with Gasteiger partial charge in [-0.15, -0.1) is 0 Å². The standard InChI is InChI=1S/C13H11FN2OS/c14-10-3-1-2-4-11(10)18-12-7-8(15)5-6-9(12)13(16)17/h1-7H,15H2,(H2,16,17). The molecule has 2 rings (SSSR count). The summed E-state index contributed by atoms with van der Waals surface area (Å²) >= 11 is 1.13. The number of benzene rings is 2. The molecule has 2 aromatic carbocycles. The van der Waals surface area contributed by atoms with Gasteiger partial charge < -0.3 is 11.5 Å². The van der Waals surface area contributed by atoms with Crippen molar-refractivity contribution in [2.45, 2.75) is 9.79 Å². The Morgan fingerprint density at radius 2 is 1.83 bits per heavy atom. The van der Waals surface area contributed by atoms with E-state index in [4.69, 9.17) is 11.5 Å². The Hall–Kier alpha value is -2.01. The van der Waals surface area contributed by atoms with Crippen LogP contribution in [0.2, 0.25) is 0 Å². The van der Waals surface area contributed by atoms with E-state index < -0.39 is 5.91 Å². The molecule has 0 bridgehead atoms. The Balaban J connectivity index is 2.42. The number of rotatable bonds is 3. The first-order valence-corrected chi connectivity index (χ1v) is 6.01. The van der Waals surface area contributed by atoms with Gasteiger partial charge in [0.2, 0.25) is 5.91 Å². The highest BCUT2D eigenvalue weighted by Gasteiger charge is 2.11. The fraction of sp³-hybridized carbons (Fsp3) is 0. The van der Waals surface area contributed by atoms with Gasteiger partial charge in [-0.1, -0.05) is 23.9 Å². The molecule has 0 heterocycles. The van der Waals surface area contributed by atoms with Gasteiger partial charge in [0.25, 0.3) is 0 Å². The molecule has 0 saturated heterocycles. The summed E-state index contributed by atoms with van der Waals surface area (Å²) in [5.74, 6) is -0.908. The molecular weight excluding hydrogens is 251 g/mol. The SMILES string of the molecule is NC(=O)c1ccc(N)cc1Sc1ccccc1F. The zero-order valence-electron chi connectivity index (χ0n) is 9.39. The van der Waals surface area contributed by atoms with Gasteiger partial charge in [0.15, 0.2) is 0 Å². The molecule has 0 spiro atoms. The van der Waals surface area contributed by atoms with E-state index in [0.29, 0.717) is 21.0 Å². The maximum Gasteiger partial charge on any atom is 0.249 e. The van der Waals surface area contributed by atoms with Crippen molar-refractivity contribution < 1.29 is 9.18 Å². The predicted octanol–water partition coefficient (Wildman–Crippen LogP) is 2.66. The van der Waals surface area contributed by atoms with Crippen molar-refractivity contribution in [1.82, 2.24) is 0 Å². The molecule has 18 heavy (non-hydrogen) atoms. The summed E-state index contributed by atoms with van der Waals surface area (Å²) in [6.45, 7) is 0. The lowest BCUT2D eigenvalue weighted by Crippen LogP contribution is -2.12. The second-order valence-electron chi connectivity index (χ2n) is 3.65. The minimum absolute atomic E-state index is 0.331. The van der Waals surface area contributed by atoms with Crippen molar-refractivity contribution in [1.29, 1.82) is 0 Å². The molecule has 0 unspecified atom stereocenters. The third-order valence-electron chi connectivity index (χ3n) is 2.33. The van der Waals surface area contributed by atoms with Crippen LogP contribution >= 0.6 is 11.8 Å². The van der Waals surface area contributed by atoms with Crippen molar-refractivity contribution in [2.24, 2.45) is 5.73 Å². The summed E-state index contributed by atoms with van der Waals surface area (Å²) in [7, 11) is 0. The largest absolute Gasteiger partial charge is 0.399 e. The molecule has 3 nitrogen and oxygen atoms in total. The van der Waals surface area contributed by atoms with Crippen molar-refractivity contribution >= 4 is 23.4 Å². The Labute approximate surface area is 108 Å². The molecule has 0 aliphatic heterocycles. The van der Waals surface area contributed by atoms with Crippen LogP contribution in [0.1, 0.15) is 10.4 Å². The van der Waals surface area contributed by atoms with Crippen LogP contribution in [0.4, 0.5) is 10.1 Å². The van der Waals surface area contributed by atoms with Gasteiger partial charge in [-0.3, -0.25) is 4.79 Å². The average molecular weight is 262 g/mol. The van der Waals surface area contributed by atoms with Gasteiger partial charge >= 0.3 is 0 Å². The van der Waals surface area contributed by atoms with Gasteiger partial charge in [0.1, 0.15) is 5.82 Å². The fourth-order valence-corrected chi connectivity index (χ4v) is 2.50. The minimum Gasteiger partial charge on any atom is -0.399 e. The van der Waals surface area contributed by atoms with E-state index in [-0.39, 0.29) is 5.82 Å². The van der Waals surface area contributed by atoms with E-state index in [1.165, 1.54) is 6.07 Å². The lowest BCUT2D eigenvalue weighted by atomic mass is 10.2. The molecule has 0 aliphatic rings. The summed E-state index contributed by atoms with van der Waals surface area (Å²) in [5, 5.41) is 0. The number of carbonyl (C=O) groups excluding carboxylic acids is 1. The fourth-order valence-electron chi connectivity index (χ4n) is 1.47. The van der Waals surface area contributed by atoms with Crippen molar-refractivity contribution in [3.63, 3.8) is 0 Å². The van der Waals surface area contributed by atoms with Crippen molar-refractivity contribution in [3.8, 4) is 0 Å². The maximum atomic E-state index is 13.5. The average Bonchev–Trinajstić information content (AvgIpc) is 2.32. The third-order valence-corrected chi connectivity index (χ3v) is 3.44. The molecule has 0 aromatic heterocycles. The first-order chi connectivity index (χ1) is 8.58. The third kappa shape index (κ3) is 2.62. The summed E-state index contributed by atoms with van der Waals surface area (Å²) < 4.78 is 13.5. The Kier molecular flexibility index (Phi) is 3.53. The first-order valence-electron chi connectivity index (χ1n) is 5.19. The van der Waals surface area contributed by atoms with E-state index in [0.717, 1.165) is 11.8 Å². The van der Waals surface area contributed by atoms with Crippen LogP contribution in [-0.4, -0.2) is 5.91 Å². The summed E-state index contributed by atoms with van der Waals surface area (Å²) in [5.41, 5.74) is 11.8. The highest BCUT2D eigenvalue weighted by atomic mass is 32.2. The van der Waals surface area contributed by atoms with Gasteiger partial charge in [0.05, 0.1) is 5.56 Å². The summed E-state index contributed by atoms with van der Waals surface area (Å²) in [6, 6.07) is 11.1. The molecule has 2 aromatic rings. The number of anilines is 1. The smallest absolute Gasteiger partial charge is 0.249 e. The van der Waals surface area contributed by atoms with Gasteiger partial charge in [-0.25, -0.2) is 4.39 Å². The van der Waals surface area contributed by atoms with Crippen LogP contribution in [0.3, 0.4) is 0 Å². The molecule has 5 heteroatoms. The number of amides is 1. The molecule has 0 radical (unpaired) electrons. The molecular formula is C13H11FN2OS. The zero-order valence-corrected chi connectivity index (χ0v) is 10.2. The highest BCUT2D eigenvalue weighted by Crippen LogP contribution is 2.33. The second kappa shape index (κ2) is 5.10. The number of nitrogens with two attached hydrogens (primary N) is 2. The molecule has 1 amide bonds.